The zero-order valence-corrected chi connectivity index (χ0v) is 20.1. The van der Waals surface area contributed by atoms with Gasteiger partial charge < -0.3 is 21.4 Å². The summed E-state index contributed by atoms with van der Waals surface area (Å²) in [5, 5.41) is 34.7. The van der Waals surface area contributed by atoms with Gasteiger partial charge in [-0.2, -0.15) is 0 Å². The Balaban J connectivity index is 1.87. The molecule has 0 spiro atoms. The van der Waals surface area contributed by atoms with E-state index in [0.29, 0.717) is 11.2 Å². The summed E-state index contributed by atoms with van der Waals surface area (Å²) in [6.07, 6.45) is 2.24. The molecule has 0 radical (unpaired) electrons. The van der Waals surface area contributed by atoms with Crippen LogP contribution in [0, 0.1) is 0 Å². The predicted octanol–water partition coefficient (Wildman–Crippen LogP) is 1.31. The Morgan fingerprint density at radius 1 is 1.52 bits per heavy atom. The van der Waals surface area contributed by atoms with Gasteiger partial charge >= 0.3 is 5.97 Å². The number of aromatic nitrogens is 4. The monoisotopic (exact) mass is 548 g/mol. The second kappa shape index (κ2) is 9.41. The SMILES string of the molecule is Nc1nc(C2(NC(=O)/C=N\O)S[C@H]3CC(=O)N3C(C(=O)O)=C2SCSc2c[nH]nn2)c(Cl)s1. The number of nitrogens with two attached hydrogens (primary N) is 1. The van der Waals surface area contributed by atoms with E-state index in [1.807, 2.05) is 0 Å². The molecule has 18 heteroatoms. The number of carboxylic acid groups (broad SMARTS) is 1. The van der Waals surface area contributed by atoms with E-state index in [0.717, 1.165) is 34.9 Å². The summed E-state index contributed by atoms with van der Waals surface area (Å²) in [6.45, 7) is 0. The number of carboxylic acids is 1. The fourth-order valence-corrected chi connectivity index (χ4v) is 8.33. The van der Waals surface area contributed by atoms with Gasteiger partial charge in [-0.1, -0.05) is 56.8 Å². The number of thiazole rings is 1. The maximum Gasteiger partial charge on any atom is 0.353 e. The van der Waals surface area contributed by atoms with Gasteiger partial charge in [0.25, 0.3) is 5.91 Å². The van der Waals surface area contributed by atoms with Crippen molar-refractivity contribution in [3.8, 4) is 0 Å². The first kappa shape index (κ1) is 23.7. The molecule has 0 saturated carbocycles. The van der Waals surface area contributed by atoms with Crippen LogP contribution >= 0.6 is 58.2 Å². The molecular weight excluding hydrogens is 536 g/mol. The normalized spacial score (nSPS) is 22.4. The molecule has 174 valence electrons. The number of aliphatic carboxylic acids is 1. The van der Waals surface area contributed by atoms with Crippen LogP contribution in [0.4, 0.5) is 5.13 Å². The van der Waals surface area contributed by atoms with Gasteiger partial charge in [-0.3, -0.25) is 19.6 Å². The van der Waals surface area contributed by atoms with Crippen molar-refractivity contribution in [2.75, 3.05) is 10.8 Å². The van der Waals surface area contributed by atoms with Crippen LogP contribution < -0.4 is 11.1 Å². The van der Waals surface area contributed by atoms with E-state index in [1.54, 1.807) is 6.20 Å². The lowest BCUT2D eigenvalue weighted by atomic mass is 10.1. The molecule has 4 heterocycles. The molecule has 6 N–H and O–H groups in total. The maximum atomic E-state index is 12.5. The molecule has 33 heavy (non-hydrogen) atoms. The molecule has 1 fully saturated rings. The van der Waals surface area contributed by atoms with Gasteiger partial charge in [-0.25, -0.2) is 9.78 Å². The van der Waals surface area contributed by atoms with Crippen LogP contribution in [0.2, 0.25) is 4.34 Å². The third-order valence-corrected chi connectivity index (χ3v) is 9.35. The molecule has 4 rings (SSSR count). The maximum absolute atomic E-state index is 12.5. The van der Waals surface area contributed by atoms with E-state index in [2.05, 4.69) is 30.9 Å². The minimum Gasteiger partial charge on any atom is -0.477 e. The Hall–Kier alpha value is -2.47. The van der Waals surface area contributed by atoms with Crippen LogP contribution in [0.5, 0.6) is 0 Å². The van der Waals surface area contributed by atoms with Crippen LogP contribution in [0.1, 0.15) is 12.1 Å². The number of hydrogen-bond acceptors (Lipinski definition) is 13. The minimum atomic E-state index is -1.62. The lowest BCUT2D eigenvalue weighted by Crippen LogP contribution is -2.60. The number of β-lactam (4-membered cyclic amide) rings is 1. The van der Waals surface area contributed by atoms with E-state index in [4.69, 9.17) is 22.5 Å². The molecule has 2 atom stereocenters. The van der Waals surface area contributed by atoms with Gasteiger partial charge in [0.05, 0.1) is 28.0 Å². The molecule has 2 aromatic rings. The van der Waals surface area contributed by atoms with Gasteiger partial charge in [-0.15, -0.1) is 16.9 Å². The Kier molecular flexibility index (Phi) is 6.76. The number of nitrogens with one attached hydrogen (secondary N) is 2. The molecule has 1 unspecified atom stereocenters. The number of carbonyl (C=O) groups is 3. The number of nitrogens with zero attached hydrogens (tertiary/aromatic N) is 5. The zero-order chi connectivity index (χ0) is 23.8. The van der Waals surface area contributed by atoms with Crippen molar-refractivity contribution in [2.45, 2.75) is 21.7 Å². The lowest BCUT2D eigenvalue weighted by molar-refractivity contribution is -0.146. The number of halogens is 1. The largest absolute Gasteiger partial charge is 0.477 e. The highest BCUT2D eigenvalue weighted by Crippen LogP contribution is 2.58. The standard InChI is InChI=1S/C15H13ClN8O5S4/c16-12-10(20-14(17)32-12)15(21-5(25)2-19-29)11(31-4-30-6-3-18-23-22-6)9(13(27)28)24-7(26)1-8(24)33-15/h2-3,8,29H,1,4H2,(H2,17,20)(H,21,25)(H,27,28)(H,18,22,23)/b19-2-/t8-,15?/m0/s1. The number of oxime groups is 1. The van der Waals surface area contributed by atoms with Crippen molar-refractivity contribution in [3.63, 3.8) is 0 Å². The van der Waals surface area contributed by atoms with Crippen LogP contribution in [0.3, 0.4) is 0 Å². The number of anilines is 1. The van der Waals surface area contributed by atoms with Crippen LogP contribution in [-0.4, -0.2) is 70.1 Å². The molecule has 0 bridgehead atoms. The number of aromatic amines is 1. The Morgan fingerprint density at radius 2 is 2.30 bits per heavy atom. The topological polar surface area (TPSA) is 200 Å². The Labute approximate surface area is 206 Å². The number of amides is 2. The summed E-state index contributed by atoms with van der Waals surface area (Å²) in [7, 11) is 0. The smallest absolute Gasteiger partial charge is 0.353 e. The van der Waals surface area contributed by atoms with E-state index in [-0.39, 0.29) is 43.2 Å². The summed E-state index contributed by atoms with van der Waals surface area (Å²) in [5.41, 5.74) is 5.66. The molecule has 13 nitrogen and oxygen atoms in total. The lowest BCUT2D eigenvalue weighted by Gasteiger charge is -2.51. The van der Waals surface area contributed by atoms with Crippen molar-refractivity contribution in [1.29, 1.82) is 0 Å². The van der Waals surface area contributed by atoms with Gasteiger partial charge in [0.1, 0.15) is 27.0 Å². The van der Waals surface area contributed by atoms with E-state index in [1.165, 1.54) is 16.7 Å². The summed E-state index contributed by atoms with van der Waals surface area (Å²) in [6, 6.07) is 0. The van der Waals surface area contributed by atoms with E-state index in [9.17, 15) is 19.5 Å². The summed E-state index contributed by atoms with van der Waals surface area (Å²) >= 11 is 10.8. The molecule has 0 aromatic carbocycles. The molecule has 1 saturated heterocycles. The third-order valence-electron chi connectivity index (χ3n) is 4.41. The van der Waals surface area contributed by atoms with Crippen LogP contribution in [0.15, 0.2) is 27.0 Å². The molecule has 0 aliphatic carbocycles. The van der Waals surface area contributed by atoms with Crippen molar-refractivity contribution in [3.05, 3.63) is 26.8 Å². The second-order valence-electron chi connectivity index (χ2n) is 6.33. The quantitative estimate of drug-likeness (QED) is 0.0791. The summed E-state index contributed by atoms with van der Waals surface area (Å²) in [5.74, 6) is -2.57. The van der Waals surface area contributed by atoms with E-state index >= 15 is 0 Å². The number of thioether (sulfide) groups is 3. The molecule has 2 aliphatic heterocycles. The van der Waals surface area contributed by atoms with Crippen molar-refractivity contribution < 1.29 is 24.7 Å². The molecular formula is C15H13ClN8O5S4. The highest BCUT2D eigenvalue weighted by Gasteiger charge is 2.58. The van der Waals surface area contributed by atoms with Crippen LogP contribution in [0.25, 0.3) is 0 Å². The Morgan fingerprint density at radius 3 is 2.88 bits per heavy atom. The average molecular weight is 549 g/mol. The molecule has 2 aromatic heterocycles. The van der Waals surface area contributed by atoms with Crippen molar-refractivity contribution >= 4 is 87.4 Å². The predicted molar refractivity (Wildman–Crippen MR) is 124 cm³/mol. The van der Waals surface area contributed by atoms with Gasteiger partial charge in [0.2, 0.25) is 5.91 Å². The number of hydrogen-bond donors (Lipinski definition) is 5. The van der Waals surface area contributed by atoms with Gasteiger partial charge in [-0.05, 0) is 0 Å². The number of H-pyrrole nitrogens is 1. The average Bonchev–Trinajstić information content (AvgIpc) is 3.37. The first-order chi connectivity index (χ1) is 15.8. The van der Waals surface area contributed by atoms with Gasteiger partial charge in [0, 0.05) is 0 Å². The van der Waals surface area contributed by atoms with Crippen LogP contribution in [-0.2, 0) is 19.3 Å². The molecule has 2 aliphatic rings. The Bertz CT molecular complexity index is 1170. The third kappa shape index (κ3) is 4.37. The number of carbonyl (C=O) groups excluding carboxylic acids is 2. The first-order valence-corrected chi connectivity index (χ1v) is 12.8. The highest BCUT2D eigenvalue weighted by atomic mass is 35.5. The minimum absolute atomic E-state index is 0.0516. The van der Waals surface area contributed by atoms with Gasteiger partial charge in [0.15, 0.2) is 10.0 Å². The fraction of sp³-hybridized carbons (Fsp3) is 0.267. The summed E-state index contributed by atoms with van der Waals surface area (Å²) in [4.78, 5) is 41.1. The summed E-state index contributed by atoms with van der Waals surface area (Å²) < 4.78 is 0.132. The highest BCUT2D eigenvalue weighted by molar-refractivity contribution is 8.18. The van der Waals surface area contributed by atoms with Crippen molar-refractivity contribution in [1.82, 2.24) is 30.6 Å². The zero-order valence-electron chi connectivity index (χ0n) is 16.1. The molecule has 2 amide bonds. The number of fused-ring (bicyclic) bond motifs is 1. The number of rotatable bonds is 8. The van der Waals surface area contributed by atoms with E-state index < -0.39 is 22.1 Å². The fourth-order valence-electron chi connectivity index (χ4n) is 3.17. The number of nitrogen functional groups attached to an aromatic ring is 1. The first-order valence-electron chi connectivity index (χ1n) is 8.78. The second-order valence-corrected chi connectivity index (χ2v) is 11.7. The van der Waals surface area contributed by atoms with Crippen molar-refractivity contribution in [2.24, 2.45) is 5.16 Å².